The van der Waals surface area contributed by atoms with E-state index in [0.29, 0.717) is 30.6 Å². The Hall–Kier alpha value is -3.32. The zero-order valence-corrected chi connectivity index (χ0v) is 17.8. The molecule has 0 aliphatic carbocycles. The van der Waals surface area contributed by atoms with Crippen molar-refractivity contribution in [1.29, 1.82) is 0 Å². The molecule has 1 fully saturated rings. The van der Waals surface area contributed by atoms with Crippen molar-refractivity contribution in [3.63, 3.8) is 0 Å². The summed E-state index contributed by atoms with van der Waals surface area (Å²) in [6.45, 7) is 2.83. The number of aliphatic hydroxyl groups excluding tert-OH is 1. The van der Waals surface area contributed by atoms with Gasteiger partial charge in [0.2, 0.25) is 0 Å². The lowest BCUT2D eigenvalue weighted by Gasteiger charge is -2.26. The predicted molar refractivity (Wildman–Crippen MR) is 116 cm³/mol. The first-order valence-corrected chi connectivity index (χ1v) is 10.3. The molecule has 1 saturated heterocycles. The summed E-state index contributed by atoms with van der Waals surface area (Å²) in [7, 11) is 3.76. The minimum absolute atomic E-state index is 0.0272. The Kier molecular flexibility index (Phi) is 5.45. The number of phenols is 1. The van der Waals surface area contributed by atoms with Crippen molar-refractivity contribution in [1.82, 2.24) is 9.80 Å². The normalized spacial score (nSPS) is 22.1. The van der Waals surface area contributed by atoms with Crippen LogP contribution in [0, 0.1) is 0 Å². The molecule has 0 saturated carbocycles. The fraction of sp³-hybridized carbons (Fsp3) is 0.333. The molecule has 2 heterocycles. The number of fused-ring (bicyclic) bond motifs is 1. The number of nitrogens with zero attached hydrogens (tertiary/aromatic N) is 2. The summed E-state index contributed by atoms with van der Waals surface area (Å²) in [5.74, 6) is -0.814. The average molecular weight is 422 g/mol. The molecule has 1 amide bonds. The Bertz CT molecular complexity index is 1080. The van der Waals surface area contributed by atoms with Gasteiger partial charge in [-0.25, -0.2) is 0 Å². The highest BCUT2D eigenvalue weighted by Crippen LogP contribution is 2.41. The molecule has 162 valence electrons. The zero-order chi connectivity index (χ0) is 22.3. The topological polar surface area (TPSA) is 90.3 Å². The number of hydrogen-bond acceptors (Lipinski definition) is 6. The Balaban J connectivity index is 1.82. The van der Waals surface area contributed by atoms with Gasteiger partial charge < -0.3 is 24.7 Å². The third-order valence-electron chi connectivity index (χ3n) is 5.68. The first-order valence-electron chi connectivity index (χ1n) is 10.3. The number of aromatic hydroxyl groups is 1. The molecule has 2 aromatic rings. The second-order valence-corrected chi connectivity index (χ2v) is 8.35. The Morgan fingerprint density at radius 2 is 1.97 bits per heavy atom. The van der Waals surface area contributed by atoms with Crippen molar-refractivity contribution in [2.24, 2.45) is 0 Å². The van der Waals surface area contributed by atoms with Gasteiger partial charge in [0, 0.05) is 25.1 Å². The summed E-state index contributed by atoms with van der Waals surface area (Å²) in [5, 5.41) is 21.2. The number of amides is 1. The standard InChI is InChI=1S/C24H26N2O5/c1-14-11-17-12-16(7-8-19(17)31-14)22(28)20-21(15-5-4-6-18(27)13-15)26(10-9-25(2)3)24(30)23(20)29/h4-8,12-14,21,27-28H,9-11H2,1-3H3/b22-20+/t14-,21+/m0/s1. The summed E-state index contributed by atoms with van der Waals surface area (Å²) < 4.78 is 5.72. The van der Waals surface area contributed by atoms with E-state index in [9.17, 15) is 19.8 Å². The molecule has 0 aromatic heterocycles. The molecule has 4 rings (SSSR count). The number of likely N-dealkylation sites (N-methyl/N-ethyl adjacent to an activating group) is 1. The first kappa shape index (κ1) is 20.9. The van der Waals surface area contributed by atoms with Crippen LogP contribution in [0.2, 0.25) is 0 Å². The number of hydrogen-bond donors (Lipinski definition) is 2. The number of aliphatic hydroxyl groups is 1. The summed E-state index contributed by atoms with van der Waals surface area (Å²) in [4.78, 5) is 29.3. The quantitative estimate of drug-likeness (QED) is 0.438. The highest BCUT2D eigenvalue weighted by Gasteiger charge is 2.46. The summed E-state index contributed by atoms with van der Waals surface area (Å²) in [6, 6.07) is 10.9. The molecule has 0 spiro atoms. The van der Waals surface area contributed by atoms with Gasteiger partial charge in [-0.15, -0.1) is 0 Å². The Morgan fingerprint density at radius 1 is 1.19 bits per heavy atom. The smallest absolute Gasteiger partial charge is 0.295 e. The number of phenolic OH excluding ortho intramolecular Hbond substituents is 1. The number of benzene rings is 2. The third kappa shape index (κ3) is 3.88. The number of rotatable bonds is 5. The first-order chi connectivity index (χ1) is 14.8. The van der Waals surface area contributed by atoms with E-state index in [1.165, 1.54) is 17.0 Å². The van der Waals surface area contributed by atoms with E-state index in [2.05, 4.69) is 0 Å². The molecule has 2 aliphatic rings. The maximum atomic E-state index is 13.0. The molecule has 0 radical (unpaired) electrons. The van der Waals surface area contributed by atoms with Crippen LogP contribution in [0.4, 0.5) is 0 Å². The van der Waals surface area contributed by atoms with Gasteiger partial charge in [-0.05, 0) is 62.5 Å². The van der Waals surface area contributed by atoms with Gasteiger partial charge in [0.15, 0.2) is 0 Å². The molecule has 0 bridgehead atoms. The zero-order valence-electron chi connectivity index (χ0n) is 17.8. The van der Waals surface area contributed by atoms with Crippen molar-refractivity contribution in [2.75, 3.05) is 27.2 Å². The number of carbonyl (C=O) groups excluding carboxylic acids is 2. The minimum Gasteiger partial charge on any atom is -0.508 e. The predicted octanol–water partition coefficient (Wildman–Crippen LogP) is 2.70. The molecule has 0 unspecified atom stereocenters. The highest BCUT2D eigenvalue weighted by molar-refractivity contribution is 6.46. The van der Waals surface area contributed by atoms with Crippen molar-refractivity contribution >= 4 is 17.4 Å². The lowest BCUT2D eigenvalue weighted by atomic mass is 9.94. The number of ketones is 1. The van der Waals surface area contributed by atoms with Crippen molar-refractivity contribution in [3.8, 4) is 11.5 Å². The van der Waals surface area contributed by atoms with Gasteiger partial charge in [-0.3, -0.25) is 9.59 Å². The average Bonchev–Trinajstić information content (AvgIpc) is 3.22. The molecule has 2 aromatic carbocycles. The molecule has 7 nitrogen and oxygen atoms in total. The van der Waals surface area contributed by atoms with E-state index in [-0.39, 0.29) is 23.2 Å². The molecule has 2 N–H and O–H groups in total. The van der Waals surface area contributed by atoms with Crippen LogP contribution in [0.15, 0.2) is 48.0 Å². The number of ether oxygens (including phenoxy) is 1. The molecule has 31 heavy (non-hydrogen) atoms. The molecular formula is C24H26N2O5. The van der Waals surface area contributed by atoms with E-state index in [1.54, 1.807) is 30.3 Å². The van der Waals surface area contributed by atoms with Gasteiger partial charge in [-0.2, -0.15) is 0 Å². The van der Waals surface area contributed by atoms with E-state index < -0.39 is 17.7 Å². The van der Waals surface area contributed by atoms with Gasteiger partial charge >= 0.3 is 0 Å². The van der Waals surface area contributed by atoms with Crippen molar-refractivity contribution < 1.29 is 24.5 Å². The van der Waals surface area contributed by atoms with Gasteiger partial charge in [0.05, 0.1) is 11.6 Å². The summed E-state index contributed by atoms with van der Waals surface area (Å²) in [5.41, 5.74) is 2.01. The van der Waals surface area contributed by atoms with Crippen molar-refractivity contribution in [3.05, 3.63) is 64.7 Å². The Morgan fingerprint density at radius 3 is 2.68 bits per heavy atom. The largest absolute Gasteiger partial charge is 0.508 e. The maximum Gasteiger partial charge on any atom is 0.295 e. The van der Waals surface area contributed by atoms with Gasteiger partial charge in [0.1, 0.15) is 23.4 Å². The second-order valence-electron chi connectivity index (χ2n) is 8.35. The highest BCUT2D eigenvalue weighted by atomic mass is 16.5. The second kappa shape index (κ2) is 8.07. The van der Waals surface area contributed by atoms with Crippen LogP contribution in [-0.4, -0.2) is 65.0 Å². The van der Waals surface area contributed by atoms with Gasteiger partial charge in [-0.1, -0.05) is 12.1 Å². The Labute approximate surface area is 181 Å². The lowest BCUT2D eigenvalue weighted by molar-refractivity contribution is -0.140. The van der Waals surface area contributed by atoms with E-state index in [1.807, 2.05) is 25.9 Å². The minimum atomic E-state index is -0.782. The maximum absolute atomic E-state index is 13.0. The monoisotopic (exact) mass is 422 g/mol. The molecule has 7 heteroatoms. The summed E-state index contributed by atoms with van der Waals surface area (Å²) in [6.07, 6.45) is 0.764. The number of likely N-dealkylation sites (tertiary alicyclic amines) is 1. The van der Waals surface area contributed by atoms with Crippen molar-refractivity contribution in [2.45, 2.75) is 25.5 Å². The van der Waals surface area contributed by atoms with E-state index in [0.717, 1.165) is 11.3 Å². The molecule has 2 aliphatic heterocycles. The molecular weight excluding hydrogens is 396 g/mol. The number of Topliss-reactive ketones (excluding diaryl/α,β-unsaturated/α-hetero) is 1. The van der Waals surface area contributed by atoms with Crippen LogP contribution in [-0.2, 0) is 16.0 Å². The fourth-order valence-electron chi connectivity index (χ4n) is 4.18. The SMILES string of the molecule is C[C@H]1Cc2cc(/C(O)=C3\C(=O)C(=O)N(CCN(C)C)[C@@H]3c3cccc(O)c3)ccc2O1. The van der Waals surface area contributed by atoms with Crippen LogP contribution in [0.5, 0.6) is 11.5 Å². The van der Waals surface area contributed by atoms with Gasteiger partial charge in [0.25, 0.3) is 11.7 Å². The lowest BCUT2D eigenvalue weighted by Crippen LogP contribution is -2.35. The third-order valence-corrected chi connectivity index (χ3v) is 5.68. The van der Waals surface area contributed by atoms with Crippen LogP contribution >= 0.6 is 0 Å². The van der Waals surface area contributed by atoms with E-state index in [4.69, 9.17) is 4.74 Å². The van der Waals surface area contributed by atoms with Crippen LogP contribution in [0.1, 0.15) is 29.7 Å². The number of carbonyl (C=O) groups is 2. The summed E-state index contributed by atoms with van der Waals surface area (Å²) >= 11 is 0. The van der Waals surface area contributed by atoms with Crippen LogP contribution in [0.3, 0.4) is 0 Å². The fourth-order valence-corrected chi connectivity index (χ4v) is 4.18. The molecule has 2 atom stereocenters. The van der Waals surface area contributed by atoms with E-state index >= 15 is 0 Å². The van der Waals surface area contributed by atoms with Crippen LogP contribution < -0.4 is 4.74 Å². The van der Waals surface area contributed by atoms with Crippen LogP contribution in [0.25, 0.3) is 5.76 Å².